The summed E-state index contributed by atoms with van der Waals surface area (Å²) in [5, 5.41) is 5.43. The Labute approximate surface area is 117 Å². The molecule has 1 aromatic carbocycles. The minimum Gasteiger partial charge on any atom is -0.305 e. The highest BCUT2D eigenvalue weighted by Gasteiger charge is 2.12. The van der Waals surface area contributed by atoms with Gasteiger partial charge in [-0.1, -0.05) is 29.8 Å². The van der Waals surface area contributed by atoms with E-state index in [1.807, 2.05) is 31.2 Å². The molecule has 0 aliphatic carbocycles. The van der Waals surface area contributed by atoms with Crippen LogP contribution in [0.25, 0.3) is 0 Å². The summed E-state index contributed by atoms with van der Waals surface area (Å²) in [6.07, 6.45) is 0. The number of thiazole rings is 1. The molecule has 0 spiro atoms. The van der Waals surface area contributed by atoms with Crippen LogP contribution in [0.2, 0.25) is 5.02 Å². The highest BCUT2D eigenvalue weighted by Crippen LogP contribution is 2.25. The number of rotatable bonds is 4. The van der Waals surface area contributed by atoms with Gasteiger partial charge in [0.1, 0.15) is 0 Å². The van der Waals surface area contributed by atoms with Gasteiger partial charge in [0, 0.05) is 22.5 Å². The van der Waals surface area contributed by atoms with Crippen LogP contribution in [0.1, 0.15) is 34.1 Å². The smallest absolute Gasteiger partial charge is 0.0900 e. The van der Waals surface area contributed by atoms with E-state index in [4.69, 9.17) is 11.6 Å². The zero-order valence-corrected chi connectivity index (χ0v) is 12.4. The quantitative estimate of drug-likeness (QED) is 0.905. The molecule has 1 heterocycles. The van der Waals surface area contributed by atoms with Gasteiger partial charge in [0.15, 0.2) is 0 Å². The van der Waals surface area contributed by atoms with Gasteiger partial charge in [-0.3, -0.25) is 0 Å². The first kappa shape index (κ1) is 13.5. The van der Waals surface area contributed by atoms with Crippen molar-refractivity contribution in [3.05, 3.63) is 50.4 Å². The fraction of sp³-hybridized carbons (Fsp3) is 0.357. The lowest BCUT2D eigenvalue weighted by atomic mass is 10.2. The SMILES string of the molecule is Cc1nc(C)c(C(C)NCc2ccccc2Cl)s1. The van der Waals surface area contributed by atoms with E-state index in [1.54, 1.807) is 11.3 Å². The van der Waals surface area contributed by atoms with Gasteiger partial charge in [-0.25, -0.2) is 4.98 Å². The Bertz CT molecular complexity index is 536. The Hall–Kier alpha value is -0.900. The summed E-state index contributed by atoms with van der Waals surface area (Å²) in [6, 6.07) is 8.23. The zero-order chi connectivity index (χ0) is 13.1. The normalized spacial score (nSPS) is 12.7. The lowest BCUT2D eigenvalue weighted by Gasteiger charge is -2.13. The highest BCUT2D eigenvalue weighted by atomic mass is 35.5. The Morgan fingerprint density at radius 3 is 2.67 bits per heavy atom. The summed E-state index contributed by atoms with van der Waals surface area (Å²) in [5.74, 6) is 0. The van der Waals surface area contributed by atoms with E-state index in [0.29, 0.717) is 6.04 Å². The van der Waals surface area contributed by atoms with Crippen LogP contribution in [0, 0.1) is 13.8 Å². The van der Waals surface area contributed by atoms with E-state index in [-0.39, 0.29) is 0 Å². The van der Waals surface area contributed by atoms with Crippen molar-refractivity contribution < 1.29 is 0 Å². The van der Waals surface area contributed by atoms with Crippen LogP contribution in [0.15, 0.2) is 24.3 Å². The summed E-state index contributed by atoms with van der Waals surface area (Å²) in [4.78, 5) is 5.76. The minimum absolute atomic E-state index is 0.299. The highest BCUT2D eigenvalue weighted by molar-refractivity contribution is 7.11. The molecule has 1 aromatic heterocycles. The van der Waals surface area contributed by atoms with Gasteiger partial charge >= 0.3 is 0 Å². The number of hydrogen-bond acceptors (Lipinski definition) is 3. The third kappa shape index (κ3) is 3.10. The van der Waals surface area contributed by atoms with Crippen molar-refractivity contribution in [3.8, 4) is 0 Å². The maximum Gasteiger partial charge on any atom is 0.0900 e. The van der Waals surface area contributed by atoms with E-state index in [2.05, 4.69) is 24.1 Å². The van der Waals surface area contributed by atoms with E-state index in [0.717, 1.165) is 27.8 Å². The van der Waals surface area contributed by atoms with Crippen molar-refractivity contribution in [2.24, 2.45) is 0 Å². The molecule has 2 rings (SSSR count). The number of halogens is 1. The largest absolute Gasteiger partial charge is 0.305 e. The Morgan fingerprint density at radius 2 is 2.06 bits per heavy atom. The van der Waals surface area contributed by atoms with Crippen LogP contribution in [0.5, 0.6) is 0 Å². The first-order chi connectivity index (χ1) is 8.58. The molecule has 0 saturated carbocycles. The van der Waals surface area contributed by atoms with E-state index in [1.165, 1.54) is 4.88 Å². The van der Waals surface area contributed by atoms with Crippen molar-refractivity contribution >= 4 is 22.9 Å². The number of benzene rings is 1. The molecule has 18 heavy (non-hydrogen) atoms. The van der Waals surface area contributed by atoms with Gasteiger partial charge in [-0.2, -0.15) is 0 Å². The van der Waals surface area contributed by atoms with Crippen LogP contribution in [0.3, 0.4) is 0 Å². The maximum absolute atomic E-state index is 6.14. The summed E-state index contributed by atoms with van der Waals surface area (Å²) < 4.78 is 0. The number of hydrogen-bond donors (Lipinski definition) is 1. The number of nitrogens with zero attached hydrogens (tertiary/aromatic N) is 1. The lowest BCUT2D eigenvalue weighted by Crippen LogP contribution is -2.18. The van der Waals surface area contributed by atoms with Crippen LogP contribution in [-0.4, -0.2) is 4.98 Å². The fourth-order valence-corrected chi connectivity index (χ4v) is 3.10. The van der Waals surface area contributed by atoms with Gasteiger partial charge in [0.2, 0.25) is 0 Å². The van der Waals surface area contributed by atoms with E-state index < -0.39 is 0 Å². The lowest BCUT2D eigenvalue weighted by molar-refractivity contribution is 0.579. The molecule has 0 aliphatic heterocycles. The van der Waals surface area contributed by atoms with Crippen LogP contribution in [0.4, 0.5) is 0 Å². The molecule has 1 atom stereocenters. The molecular weight excluding hydrogens is 264 g/mol. The Morgan fingerprint density at radius 1 is 1.33 bits per heavy atom. The predicted molar refractivity (Wildman–Crippen MR) is 78.3 cm³/mol. The molecule has 0 bridgehead atoms. The zero-order valence-electron chi connectivity index (χ0n) is 10.8. The van der Waals surface area contributed by atoms with E-state index in [9.17, 15) is 0 Å². The minimum atomic E-state index is 0.299. The van der Waals surface area contributed by atoms with Crippen molar-refractivity contribution in [1.29, 1.82) is 0 Å². The Balaban J connectivity index is 2.03. The summed E-state index contributed by atoms with van der Waals surface area (Å²) >= 11 is 7.89. The van der Waals surface area contributed by atoms with Crippen molar-refractivity contribution in [2.45, 2.75) is 33.4 Å². The number of nitrogens with one attached hydrogen (secondary N) is 1. The fourth-order valence-electron chi connectivity index (χ4n) is 1.95. The van der Waals surface area contributed by atoms with Gasteiger partial charge < -0.3 is 5.32 Å². The molecule has 2 nitrogen and oxygen atoms in total. The standard InChI is InChI=1S/C14H17ClN2S/c1-9(14-10(2)17-11(3)18-14)16-8-12-6-4-5-7-13(12)15/h4-7,9,16H,8H2,1-3H3. The van der Waals surface area contributed by atoms with Gasteiger partial charge in [-0.05, 0) is 32.4 Å². The monoisotopic (exact) mass is 280 g/mol. The average molecular weight is 281 g/mol. The van der Waals surface area contributed by atoms with Gasteiger partial charge in [0.05, 0.1) is 10.7 Å². The molecule has 4 heteroatoms. The second-order valence-electron chi connectivity index (χ2n) is 4.38. The van der Waals surface area contributed by atoms with Crippen molar-refractivity contribution in [2.75, 3.05) is 0 Å². The van der Waals surface area contributed by atoms with Crippen molar-refractivity contribution in [1.82, 2.24) is 10.3 Å². The molecule has 0 fully saturated rings. The summed E-state index contributed by atoms with van der Waals surface area (Å²) in [5.41, 5.74) is 2.25. The van der Waals surface area contributed by atoms with Crippen LogP contribution in [-0.2, 0) is 6.54 Å². The van der Waals surface area contributed by atoms with Gasteiger partial charge in [0.25, 0.3) is 0 Å². The third-order valence-corrected chi connectivity index (χ3v) is 4.51. The second kappa shape index (κ2) is 5.83. The first-order valence-corrected chi connectivity index (χ1v) is 7.18. The van der Waals surface area contributed by atoms with E-state index >= 15 is 0 Å². The second-order valence-corrected chi connectivity index (χ2v) is 6.02. The first-order valence-electron chi connectivity index (χ1n) is 5.98. The molecular formula is C14H17ClN2S. The van der Waals surface area contributed by atoms with Crippen LogP contribution < -0.4 is 5.32 Å². The topological polar surface area (TPSA) is 24.9 Å². The maximum atomic E-state index is 6.14. The average Bonchev–Trinajstić information content (AvgIpc) is 2.67. The summed E-state index contributed by atoms with van der Waals surface area (Å²) in [6.45, 7) is 7.04. The third-order valence-electron chi connectivity index (χ3n) is 2.89. The molecule has 1 N–H and O–H groups in total. The van der Waals surface area contributed by atoms with Gasteiger partial charge in [-0.15, -0.1) is 11.3 Å². The molecule has 96 valence electrons. The predicted octanol–water partition coefficient (Wildman–Crippen LogP) is 4.26. The molecule has 0 aliphatic rings. The Kier molecular flexibility index (Phi) is 4.38. The molecule has 2 aromatic rings. The molecule has 0 amide bonds. The molecule has 0 saturated heterocycles. The molecule has 0 radical (unpaired) electrons. The molecule has 1 unspecified atom stereocenters. The summed E-state index contributed by atoms with van der Waals surface area (Å²) in [7, 11) is 0. The van der Waals surface area contributed by atoms with Crippen LogP contribution >= 0.6 is 22.9 Å². The number of aryl methyl sites for hydroxylation is 2. The van der Waals surface area contributed by atoms with Crippen molar-refractivity contribution in [3.63, 3.8) is 0 Å². The number of aromatic nitrogens is 1.